The number of hydrogen-bond donors (Lipinski definition) is 3. The fourth-order valence-electron chi connectivity index (χ4n) is 1.23. The summed E-state index contributed by atoms with van der Waals surface area (Å²) in [5.74, 6) is -5.25. The van der Waals surface area contributed by atoms with Gasteiger partial charge in [-0.2, -0.15) is 26.3 Å². The van der Waals surface area contributed by atoms with Gasteiger partial charge in [-0.3, -0.25) is 0 Å². The second kappa shape index (κ2) is 9.13. The van der Waals surface area contributed by atoms with Crippen LogP contribution in [-0.4, -0.2) is 39.6 Å². The summed E-state index contributed by atoms with van der Waals surface area (Å²) < 4.78 is 63.5. The zero-order chi connectivity index (χ0) is 20.7. The van der Waals surface area contributed by atoms with Crippen LogP contribution in [0.4, 0.5) is 26.3 Å². The molecule has 3 N–H and O–H groups in total. The van der Waals surface area contributed by atoms with Crippen molar-refractivity contribution in [3.8, 4) is 5.75 Å². The maximum atomic E-state index is 10.6. The molecule has 0 saturated carbocycles. The SMILES string of the molecule is O=C(O)C(F)(F)F.O=C(O)C(F)(F)F.Oc1ccc2c(Cl)cccc2c1. The molecular formula is C14H9ClF6O5. The Balaban J connectivity index is 0.000000390. The van der Waals surface area contributed by atoms with Gasteiger partial charge in [-0.25, -0.2) is 9.59 Å². The number of carbonyl (C=O) groups is 2. The van der Waals surface area contributed by atoms with Gasteiger partial charge in [0.2, 0.25) is 0 Å². The Morgan fingerprint density at radius 3 is 1.65 bits per heavy atom. The number of phenols is 1. The first kappa shape index (κ1) is 23.3. The minimum absolute atomic E-state index is 0.268. The standard InChI is InChI=1S/C10H7ClO.2C2HF3O2/c11-10-3-1-2-7-6-8(12)4-5-9(7)10;2*3-2(4,5)1(6)7/h1-6,12H;2*(H,6,7). The lowest BCUT2D eigenvalue weighted by atomic mass is 10.1. The number of phenolic OH excluding ortho intramolecular Hbond substituents is 1. The van der Waals surface area contributed by atoms with Crippen molar-refractivity contribution in [2.24, 2.45) is 0 Å². The first-order valence-electron chi connectivity index (χ1n) is 6.13. The highest BCUT2D eigenvalue weighted by atomic mass is 35.5. The Morgan fingerprint density at radius 1 is 0.846 bits per heavy atom. The number of aromatic hydroxyl groups is 1. The summed E-state index contributed by atoms with van der Waals surface area (Å²) in [7, 11) is 0. The molecule has 0 aliphatic heterocycles. The second-order valence-corrected chi connectivity index (χ2v) is 4.66. The summed E-state index contributed by atoms with van der Waals surface area (Å²) >= 11 is 5.93. The van der Waals surface area contributed by atoms with Gasteiger partial charge in [-0.15, -0.1) is 0 Å². The van der Waals surface area contributed by atoms with Crippen molar-refractivity contribution in [1.82, 2.24) is 0 Å². The van der Waals surface area contributed by atoms with Gasteiger partial charge < -0.3 is 15.3 Å². The van der Waals surface area contributed by atoms with Crippen molar-refractivity contribution in [3.63, 3.8) is 0 Å². The van der Waals surface area contributed by atoms with Gasteiger partial charge in [0.05, 0.1) is 0 Å². The van der Waals surface area contributed by atoms with Crippen LogP contribution >= 0.6 is 11.6 Å². The molecule has 0 bridgehead atoms. The van der Waals surface area contributed by atoms with Crippen molar-refractivity contribution in [2.45, 2.75) is 12.4 Å². The molecule has 144 valence electrons. The van der Waals surface area contributed by atoms with Crippen LogP contribution in [-0.2, 0) is 9.59 Å². The third-order valence-corrected chi connectivity index (χ3v) is 2.63. The Hall–Kier alpha value is -2.69. The number of alkyl halides is 6. The first-order valence-corrected chi connectivity index (χ1v) is 6.51. The molecule has 0 spiro atoms. The summed E-state index contributed by atoms with van der Waals surface area (Å²) in [5.41, 5.74) is 0. The van der Waals surface area contributed by atoms with Gasteiger partial charge in [0.25, 0.3) is 0 Å². The van der Waals surface area contributed by atoms with E-state index < -0.39 is 24.3 Å². The minimum atomic E-state index is -5.08. The molecule has 12 heteroatoms. The summed E-state index contributed by atoms with van der Waals surface area (Å²) in [6, 6.07) is 10.8. The molecule has 0 fully saturated rings. The molecule has 0 radical (unpaired) electrons. The van der Waals surface area contributed by atoms with Crippen LogP contribution in [0.3, 0.4) is 0 Å². The lowest BCUT2D eigenvalue weighted by Gasteiger charge is -1.99. The van der Waals surface area contributed by atoms with Crippen LogP contribution < -0.4 is 0 Å². The summed E-state index contributed by atoms with van der Waals surface area (Å²) in [5, 5.41) is 26.1. The summed E-state index contributed by atoms with van der Waals surface area (Å²) in [6.45, 7) is 0. The number of fused-ring (bicyclic) bond motifs is 1. The molecule has 0 aromatic heterocycles. The maximum absolute atomic E-state index is 10.6. The molecule has 2 aromatic rings. The molecule has 0 unspecified atom stereocenters. The number of carboxylic acid groups (broad SMARTS) is 2. The molecule has 0 atom stereocenters. The van der Waals surface area contributed by atoms with Crippen LogP contribution in [0.2, 0.25) is 5.02 Å². The van der Waals surface area contributed by atoms with E-state index in [2.05, 4.69) is 0 Å². The largest absolute Gasteiger partial charge is 0.508 e. The van der Waals surface area contributed by atoms with E-state index in [1.165, 1.54) is 0 Å². The van der Waals surface area contributed by atoms with Gasteiger partial charge in [-0.05, 0) is 29.7 Å². The Bertz CT molecular complexity index is 748. The van der Waals surface area contributed by atoms with E-state index in [4.69, 9.17) is 31.4 Å². The number of benzene rings is 2. The van der Waals surface area contributed by atoms with Crippen molar-refractivity contribution >= 4 is 34.3 Å². The molecule has 0 heterocycles. The van der Waals surface area contributed by atoms with Crippen LogP contribution in [0.15, 0.2) is 36.4 Å². The topological polar surface area (TPSA) is 94.8 Å². The van der Waals surface area contributed by atoms with Crippen LogP contribution in [0, 0.1) is 0 Å². The highest BCUT2D eigenvalue weighted by molar-refractivity contribution is 6.35. The van der Waals surface area contributed by atoms with Gasteiger partial charge >= 0.3 is 24.3 Å². The van der Waals surface area contributed by atoms with E-state index in [0.717, 1.165) is 10.8 Å². The summed E-state index contributed by atoms with van der Waals surface area (Å²) in [6.07, 6.45) is -10.2. The highest BCUT2D eigenvalue weighted by Crippen LogP contribution is 2.25. The third-order valence-electron chi connectivity index (χ3n) is 2.30. The average molecular weight is 407 g/mol. The predicted molar refractivity (Wildman–Crippen MR) is 78.0 cm³/mol. The van der Waals surface area contributed by atoms with Crippen molar-refractivity contribution < 1.29 is 51.3 Å². The van der Waals surface area contributed by atoms with Crippen LogP contribution in [0.25, 0.3) is 10.8 Å². The lowest BCUT2D eigenvalue weighted by Crippen LogP contribution is -2.21. The molecule has 0 aliphatic rings. The average Bonchev–Trinajstić information content (AvgIpc) is 2.46. The van der Waals surface area contributed by atoms with Gasteiger partial charge in [0.1, 0.15) is 5.75 Å². The first-order chi connectivity index (χ1) is 11.7. The molecule has 0 saturated heterocycles. The van der Waals surface area contributed by atoms with E-state index in [0.29, 0.717) is 5.02 Å². The summed E-state index contributed by atoms with van der Waals surface area (Å²) in [4.78, 5) is 17.8. The Morgan fingerprint density at radius 2 is 1.27 bits per heavy atom. The molecule has 26 heavy (non-hydrogen) atoms. The Labute approximate surface area is 146 Å². The molecule has 2 aromatic carbocycles. The normalized spacial score (nSPS) is 10.9. The van der Waals surface area contributed by atoms with Crippen molar-refractivity contribution in [1.29, 1.82) is 0 Å². The van der Waals surface area contributed by atoms with E-state index in [-0.39, 0.29) is 5.75 Å². The molecule has 0 aliphatic carbocycles. The van der Waals surface area contributed by atoms with Crippen molar-refractivity contribution in [2.75, 3.05) is 0 Å². The lowest BCUT2D eigenvalue weighted by molar-refractivity contribution is -0.193. The zero-order valence-corrected chi connectivity index (χ0v) is 13.0. The number of hydrogen-bond acceptors (Lipinski definition) is 3. The van der Waals surface area contributed by atoms with Crippen molar-refractivity contribution in [3.05, 3.63) is 41.4 Å². The molecule has 2 rings (SSSR count). The Kier molecular flexibility index (Phi) is 8.19. The van der Waals surface area contributed by atoms with Gasteiger partial charge in [0, 0.05) is 10.4 Å². The van der Waals surface area contributed by atoms with E-state index in [9.17, 15) is 31.4 Å². The third kappa shape index (κ3) is 8.42. The van der Waals surface area contributed by atoms with E-state index in [1.54, 1.807) is 12.1 Å². The smallest absolute Gasteiger partial charge is 0.490 e. The van der Waals surface area contributed by atoms with Gasteiger partial charge in [-0.1, -0.05) is 23.7 Å². The zero-order valence-electron chi connectivity index (χ0n) is 12.3. The molecule has 5 nitrogen and oxygen atoms in total. The quantitative estimate of drug-likeness (QED) is 0.561. The second-order valence-electron chi connectivity index (χ2n) is 4.25. The monoisotopic (exact) mass is 406 g/mol. The van der Waals surface area contributed by atoms with Crippen LogP contribution in [0.5, 0.6) is 5.75 Å². The minimum Gasteiger partial charge on any atom is -0.508 e. The maximum Gasteiger partial charge on any atom is 0.490 e. The predicted octanol–water partition coefficient (Wildman–Crippen LogP) is 4.47. The number of rotatable bonds is 0. The van der Waals surface area contributed by atoms with Crippen LogP contribution in [0.1, 0.15) is 0 Å². The van der Waals surface area contributed by atoms with E-state index >= 15 is 0 Å². The highest BCUT2D eigenvalue weighted by Gasteiger charge is 2.38. The van der Waals surface area contributed by atoms with Gasteiger partial charge in [0.15, 0.2) is 0 Å². The number of halogens is 7. The molecule has 0 amide bonds. The number of carboxylic acids is 2. The fraction of sp³-hybridized carbons (Fsp3) is 0.143. The molecular weight excluding hydrogens is 398 g/mol. The number of aliphatic carboxylic acids is 2. The van der Waals surface area contributed by atoms with E-state index in [1.807, 2.05) is 24.3 Å². The fourth-order valence-corrected chi connectivity index (χ4v) is 1.48.